The number of hydrogen-bond donors (Lipinski definition) is 0. The second kappa shape index (κ2) is 4.54. The second-order valence-corrected chi connectivity index (χ2v) is 5.04. The predicted octanol–water partition coefficient (Wildman–Crippen LogP) is 4.40. The molecule has 1 unspecified atom stereocenters. The van der Waals surface area contributed by atoms with Gasteiger partial charge in [0.25, 0.3) is 0 Å². The first-order valence-corrected chi connectivity index (χ1v) is 6.43. The van der Waals surface area contributed by atoms with Crippen molar-refractivity contribution in [2.24, 2.45) is 0 Å². The van der Waals surface area contributed by atoms with Gasteiger partial charge in [-0.1, -0.05) is 64.5 Å². The zero-order chi connectivity index (χ0) is 10.7. The van der Waals surface area contributed by atoms with E-state index in [4.69, 9.17) is 11.6 Å². The van der Waals surface area contributed by atoms with Crippen molar-refractivity contribution in [3.05, 3.63) is 54.1 Å². The third-order valence-corrected chi connectivity index (χ3v) is 4.29. The SMILES string of the molecule is ClC1(CBr)C=CC(c2ccccc2)=CC1. The van der Waals surface area contributed by atoms with Crippen molar-refractivity contribution in [1.82, 2.24) is 0 Å². The molecule has 78 valence electrons. The highest BCUT2D eigenvalue weighted by atomic mass is 79.9. The number of allylic oxidation sites excluding steroid dienone is 4. The summed E-state index contributed by atoms with van der Waals surface area (Å²) in [5.41, 5.74) is 2.51. The van der Waals surface area contributed by atoms with E-state index >= 15 is 0 Å². The van der Waals surface area contributed by atoms with Crippen molar-refractivity contribution in [3.63, 3.8) is 0 Å². The number of benzene rings is 1. The highest BCUT2D eigenvalue weighted by Gasteiger charge is 2.23. The predicted molar refractivity (Wildman–Crippen MR) is 70.6 cm³/mol. The summed E-state index contributed by atoms with van der Waals surface area (Å²) in [6, 6.07) is 10.4. The third kappa shape index (κ3) is 2.53. The van der Waals surface area contributed by atoms with Crippen LogP contribution in [0, 0.1) is 0 Å². The fourth-order valence-electron chi connectivity index (χ4n) is 1.60. The highest BCUT2D eigenvalue weighted by molar-refractivity contribution is 9.09. The lowest BCUT2D eigenvalue weighted by atomic mass is 9.94. The van der Waals surface area contributed by atoms with E-state index < -0.39 is 0 Å². The molecule has 1 atom stereocenters. The largest absolute Gasteiger partial charge is 0.113 e. The van der Waals surface area contributed by atoms with E-state index in [1.54, 1.807) is 0 Å². The molecule has 0 bridgehead atoms. The average Bonchev–Trinajstić information content (AvgIpc) is 2.31. The summed E-state index contributed by atoms with van der Waals surface area (Å²) in [4.78, 5) is -0.238. The standard InChI is InChI=1S/C13H12BrCl/c14-10-13(15)8-6-12(7-9-13)11-4-2-1-3-5-11/h1-8H,9-10H2. The van der Waals surface area contributed by atoms with Gasteiger partial charge in [0.2, 0.25) is 0 Å². The number of halogens is 2. The fraction of sp³-hybridized carbons (Fsp3) is 0.231. The monoisotopic (exact) mass is 282 g/mol. The van der Waals surface area contributed by atoms with Gasteiger partial charge in [0.1, 0.15) is 0 Å². The average molecular weight is 284 g/mol. The van der Waals surface area contributed by atoms with Gasteiger partial charge in [0.05, 0.1) is 4.87 Å². The van der Waals surface area contributed by atoms with Crippen LogP contribution in [0.3, 0.4) is 0 Å². The first kappa shape index (κ1) is 11.0. The summed E-state index contributed by atoms with van der Waals surface area (Å²) in [6.45, 7) is 0. The Morgan fingerprint density at radius 1 is 1.27 bits per heavy atom. The van der Waals surface area contributed by atoms with E-state index in [0.29, 0.717) is 0 Å². The van der Waals surface area contributed by atoms with Crippen molar-refractivity contribution >= 4 is 33.1 Å². The Labute approximate surface area is 104 Å². The van der Waals surface area contributed by atoms with E-state index in [1.807, 2.05) is 6.07 Å². The van der Waals surface area contributed by atoms with Crippen molar-refractivity contribution in [1.29, 1.82) is 0 Å². The van der Waals surface area contributed by atoms with Crippen LogP contribution in [0.25, 0.3) is 5.57 Å². The van der Waals surface area contributed by atoms with Crippen LogP contribution in [0.4, 0.5) is 0 Å². The molecule has 0 nitrogen and oxygen atoms in total. The molecular weight excluding hydrogens is 272 g/mol. The van der Waals surface area contributed by atoms with Crippen molar-refractivity contribution in [2.75, 3.05) is 5.33 Å². The Balaban J connectivity index is 2.20. The van der Waals surface area contributed by atoms with Gasteiger partial charge in [-0.05, 0) is 17.6 Å². The van der Waals surface area contributed by atoms with Gasteiger partial charge in [-0.15, -0.1) is 11.6 Å². The lowest BCUT2D eigenvalue weighted by Gasteiger charge is -2.23. The molecule has 1 aliphatic carbocycles. The van der Waals surface area contributed by atoms with E-state index in [9.17, 15) is 0 Å². The Hall–Kier alpha value is -0.530. The highest BCUT2D eigenvalue weighted by Crippen LogP contribution is 2.32. The van der Waals surface area contributed by atoms with Crippen LogP contribution in [-0.4, -0.2) is 10.2 Å². The van der Waals surface area contributed by atoms with Crippen molar-refractivity contribution in [3.8, 4) is 0 Å². The molecule has 0 N–H and O–H groups in total. The Kier molecular flexibility index (Phi) is 3.32. The molecule has 15 heavy (non-hydrogen) atoms. The van der Waals surface area contributed by atoms with Gasteiger partial charge in [-0.3, -0.25) is 0 Å². The van der Waals surface area contributed by atoms with Crippen LogP contribution in [-0.2, 0) is 0 Å². The van der Waals surface area contributed by atoms with Crippen LogP contribution in [0.15, 0.2) is 48.6 Å². The van der Waals surface area contributed by atoms with E-state index in [0.717, 1.165) is 11.8 Å². The van der Waals surface area contributed by atoms with Crippen LogP contribution in [0.2, 0.25) is 0 Å². The summed E-state index contributed by atoms with van der Waals surface area (Å²) >= 11 is 9.76. The molecule has 1 aromatic carbocycles. The topological polar surface area (TPSA) is 0 Å². The Morgan fingerprint density at radius 2 is 2.00 bits per heavy atom. The first-order valence-electron chi connectivity index (χ1n) is 4.93. The molecule has 0 spiro atoms. The van der Waals surface area contributed by atoms with Gasteiger partial charge in [0.15, 0.2) is 0 Å². The summed E-state index contributed by atoms with van der Waals surface area (Å²) in [5, 5.41) is 0.788. The number of rotatable bonds is 2. The minimum absolute atomic E-state index is 0.238. The number of alkyl halides is 2. The third-order valence-electron chi connectivity index (χ3n) is 2.55. The van der Waals surface area contributed by atoms with Crippen LogP contribution >= 0.6 is 27.5 Å². The summed E-state index contributed by atoms with van der Waals surface area (Å²) in [6.07, 6.45) is 7.25. The zero-order valence-corrected chi connectivity index (χ0v) is 10.6. The summed E-state index contributed by atoms with van der Waals surface area (Å²) < 4.78 is 0. The zero-order valence-electron chi connectivity index (χ0n) is 8.29. The summed E-state index contributed by atoms with van der Waals surface area (Å²) in [7, 11) is 0. The van der Waals surface area contributed by atoms with Gasteiger partial charge >= 0.3 is 0 Å². The molecule has 0 saturated carbocycles. The van der Waals surface area contributed by atoms with E-state index in [2.05, 4.69) is 58.4 Å². The molecule has 0 aliphatic heterocycles. The molecule has 0 saturated heterocycles. The molecular formula is C13H12BrCl. The molecule has 2 heteroatoms. The maximum absolute atomic E-state index is 6.33. The van der Waals surface area contributed by atoms with Gasteiger partial charge in [-0.25, -0.2) is 0 Å². The van der Waals surface area contributed by atoms with Gasteiger partial charge in [-0.2, -0.15) is 0 Å². The van der Waals surface area contributed by atoms with Crippen LogP contribution in [0.1, 0.15) is 12.0 Å². The quantitative estimate of drug-likeness (QED) is 0.706. The lowest BCUT2D eigenvalue weighted by molar-refractivity contribution is 0.803. The van der Waals surface area contributed by atoms with Crippen molar-refractivity contribution in [2.45, 2.75) is 11.3 Å². The number of hydrogen-bond acceptors (Lipinski definition) is 0. The molecule has 0 aromatic heterocycles. The Bertz CT molecular complexity index is 394. The molecule has 0 fully saturated rings. The lowest BCUT2D eigenvalue weighted by Crippen LogP contribution is -2.21. The van der Waals surface area contributed by atoms with Gasteiger partial charge < -0.3 is 0 Å². The molecule has 2 rings (SSSR count). The maximum atomic E-state index is 6.33. The molecule has 0 radical (unpaired) electrons. The fourth-order valence-corrected chi connectivity index (χ4v) is 2.15. The molecule has 0 heterocycles. The van der Waals surface area contributed by atoms with Crippen LogP contribution < -0.4 is 0 Å². The van der Waals surface area contributed by atoms with Crippen LogP contribution in [0.5, 0.6) is 0 Å². The summed E-state index contributed by atoms with van der Waals surface area (Å²) in [5.74, 6) is 0. The first-order chi connectivity index (χ1) is 7.23. The second-order valence-electron chi connectivity index (χ2n) is 3.73. The van der Waals surface area contributed by atoms with Gasteiger partial charge in [0, 0.05) is 5.33 Å². The minimum atomic E-state index is -0.238. The van der Waals surface area contributed by atoms with E-state index in [-0.39, 0.29) is 4.87 Å². The molecule has 1 aromatic rings. The molecule has 0 amide bonds. The molecule has 1 aliphatic rings. The normalized spacial score (nSPS) is 25.1. The minimum Gasteiger partial charge on any atom is -0.113 e. The maximum Gasteiger partial charge on any atom is 0.0760 e. The smallest absolute Gasteiger partial charge is 0.0760 e. The van der Waals surface area contributed by atoms with E-state index in [1.165, 1.54) is 11.1 Å². The Morgan fingerprint density at radius 3 is 2.53 bits per heavy atom. The van der Waals surface area contributed by atoms with Crippen molar-refractivity contribution < 1.29 is 0 Å².